The summed E-state index contributed by atoms with van der Waals surface area (Å²) in [5.41, 5.74) is 0. The van der Waals surface area contributed by atoms with E-state index in [-0.39, 0.29) is 6.61 Å². The van der Waals surface area contributed by atoms with E-state index in [2.05, 4.69) is 10.1 Å². The van der Waals surface area contributed by atoms with Crippen molar-refractivity contribution in [3.63, 3.8) is 0 Å². The van der Waals surface area contributed by atoms with Gasteiger partial charge in [-0.25, -0.2) is 9.67 Å². The number of rotatable bonds is 2. The summed E-state index contributed by atoms with van der Waals surface area (Å²) in [5, 5.41) is 32.0. The fourth-order valence-electron chi connectivity index (χ4n) is 1.58. The first-order chi connectivity index (χ1) is 7.13. The molecular formula is C8H13N3O4. The molecule has 15 heavy (non-hydrogen) atoms. The lowest BCUT2D eigenvalue weighted by atomic mass is 10.1. The van der Waals surface area contributed by atoms with Gasteiger partial charge >= 0.3 is 0 Å². The van der Waals surface area contributed by atoms with E-state index in [0.717, 1.165) is 0 Å². The topological polar surface area (TPSA) is 101 Å². The molecule has 0 bridgehead atoms. The van der Waals surface area contributed by atoms with E-state index in [1.54, 1.807) is 6.92 Å². The molecule has 7 heteroatoms. The Labute approximate surface area is 85.9 Å². The molecule has 7 nitrogen and oxygen atoms in total. The van der Waals surface area contributed by atoms with Crippen molar-refractivity contribution in [3.05, 3.63) is 12.2 Å². The third-order valence-electron chi connectivity index (χ3n) is 2.40. The van der Waals surface area contributed by atoms with Gasteiger partial charge in [-0.05, 0) is 6.92 Å². The molecule has 0 aromatic carbocycles. The van der Waals surface area contributed by atoms with Crippen molar-refractivity contribution in [2.24, 2.45) is 0 Å². The van der Waals surface area contributed by atoms with E-state index >= 15 is 0 Å². The zero-order valence-corrected chi connectivity index (χ0v) is 8.19. The first-order valence-corrected chi connectivity index (χ1v) is 4.63. The van der Waals surface area contributed by atoms with Crippen LogP contribution < -0.4 is 0 Å². The van der Waals surface area contributed by atoms with Crippen molar-refractivity contribution in [2.45, 2.75) is 31.5 Å². The molecule has 4 atom stereocenters. The van der Waals surface area contributed by atoms with Crippen LogP contribution >= 0.6 is 0 Å². The summed E-state index contributed by atoms with van der Waals surface area (Å²) in [7, 11) is 0. The third-order valence-corrected chi connectivity index (χ3v) is 2.40. The van der Waals surface area contributed by atoms with Crippen molar-refractivity contribution >= 4 is 0 Å². The Bertz CT molecular complexity index is 342. The van der Waals surface area contributed by atoms with Gasteiger partial charge in [-0.2, -0.15) is 5.10 Å². The highest BCUT2D eigenvalue weighted by Crippen LogP contribution is 2.28. The van der Waals surface area contributed by atoms with Crippen LogP contribution in [-0.2, 0) is 4.74 Å². The second-order valence-corrected chi connectivity index (χ2v) is 3.50. The second-order valence-electron chi connectivity index (χ2n) is 3.50. The highest BCUT2D eigenvalue weighted by atomic mass is 16.6. The van der Waals surface area contributed by atoms with Gasteiger partial charge < -0.3 is 20.1 Å². The average molecular weight is 215 g/mol. The lowest BCUT2D eigenvalue weighted by Crippen LogP contribution is -2.33. The van der Waals surface area contributed by atoms with Crippen LogP contribution in [0.1, 0.15) is 12.1 Å². The maximum absolute atomic E-state index is 9.65. The summed E-state index contributed by atoms with van der Waals surface area (Å²) >= 11 is 0. The Morgan fingerprint density at radius 2 is 2.20 bits per heavy atom. The van der Waals surface area contributed by atoms with Crippen molar-refractivity contribution in [1.29, 1.82) is 0 Å². The highest BCUT2D eigenvalue weighted by molar-refractivity contribution is 4.89. The number of ether oxygens (including phenoxy) is 1. The summed E-state index contributed by atoms with van der Waals surface area (Å²) in [4.78, 5) is 3.89. The van der Waals surface area contributed by atoms with Crippen LogP contribution in [0.3, 0.4) is 0 Å². The normalized spacial score (nSPS) is 36.0. The maximum Gasteiger partial charge on any atom is 0.180 e. The van der Waals surface area contributed by atoms with Crippen molar-refractivity contribution in [3.8, 4) is 0 Å². The highest BCUT2D eigenvalue weighted by Gasteiger charge is 2.43. The van der Waals surface area contributed by atoms with Gasteiger partial charge in [0.2, 0.25) is 0 Å². The van der Waals surface area contributed by atoms with E-state index in [0.29, 0.717) is 5.82 Å². The van der Waals surface area contributed by atoms with E-state index < -0.39 is 24.5 Å². The Kier molecular flexibility index (Phi) is 2.70. The molecule has 0 spiro atoms. The van der Waals surface area contributed by atoms with E-state index in [1.165, 1.54) is 11.0 Å². The molecule has 3 N–H and O–H groups in total. The fourth-order valence-corrected chi connectivity index (χ4v) is 1.58. The lowest BCUT2D eigenvalue weighted by molar-refractivity contribution is -0.0588. The molecule has 1 aliphatic rings. The minimum Gasteiger partial charge on any atom is -0.394 e. The number of hydrogen-bond donors (Lipinski definition) is 3. The van der Waals surface area contributed by atoms with Gasteiger partial charge in [-0.1, -0.05) is 0 Å². The van der Waals surface area contributed by atoms with Gasteiger partial charge in [0.05, 0.1) is 6.61 Å². The minimum atomic E-state index is -1.11. The summed E-state index contributed by atoms with van der Waals surface area (Å²) in [6.45, 7) is 1.36. The Balaban J connectivity index is 2.18. The average Bonchev–Trinajstić information content (AvgIpc) is 2.74. The van der Waals surface area contributed by atoms with Crippen LogP contribution in [0.25, 0.3) is 0 Å². The molecule has 0 radical (unpaired) electrons. The number of aryl methyl sites for hydroxylation is 1. The van der Waals surface area contributed by atoms with Crippen LogP contribution in [-0.4, -0.2) is 55.0 Å². The van der Waals surface area contributed by atoms with Crippen LogP contribution in [0.15, 0.2) is 6.33 Å². The van der Waals surface area contributed by atoms with Crippen molar-refractivity contribution in [1.82, 2.24) is 14.8 Å². The molecule has 84 valence electrons. The predicted octanol–water partition coefficient (Wildman–Crippen LogP) is -1.80. The Hall–Kier alpha value is -1.02. The monoisotopic (exact) mass is 215 g/mol. The van der Waals surface area contributed by atoms with Gasteiger partial charge in [0.15, 0.2) is 6.23 Å². The summed E-state index contributed by atoms with van der Waals surface area (Å²) in [6.07, 6.45) is -2.38. The van der Waals surface area contributed by atoms with Crippen LogP contribution in [0.2, 0.25) is 0 Å². The smallest absolute Gasteiger partial charge is 0.180 e. The fraction of sp³-hybridized carbons (Fsp3) is 0.750. The largest absolute Gasteiger partial charge is 0.394 e. The number of aliphatic hydroxyl groups is 3. The zero-order chi connectivity index (χ0) is 11.0. The SMILES string of the molecule is Cc1ncn(C2OC(CO)C(O)C2O)n1. The Morgan fingerprint density at radius 3 is 2.67 bits per heavy atom. The van der Waals surface area contributed by atoms with Gasteiger partial charge in [0.25, 0.3) is 0 Å². The number of aromatic nitrogens is 3. The van der Waals surface area contributed by atoms with Gasteiger partial charge in [0.1, 0.15) is 30.5 Å². The third kappa shape index (κ3) is 1.74. The molecule has 2 rings (SSSR count). The van der Waals surface area contributed by atoms with E-state index in [9.17, 15) is 10.2 Å². The molecular weight excluding hydrogens is 202 g/mol. The summed E-state index contributed by atoms with van der Waals surface area (Å²) < 4.78 is 6.58. The lowest BCUT2D eigenvalue weighted by Gasteiger charge is -2.13. The van der Waals surface area contributed by atoms with Crippen molar-refractivity contribution in [2.75, 3.05) is 6.61 Å². The molecule has 0 amide bonds. The Morgan fingerprint density at radius 1 is 1.47 bits per heavy atom. The quantitative estimate of drug-likeness (QED) is 0.538. The molecule has 1 fully saturated rings. The molecule has 0 aliphatic carbocycles. The first-order valence-electron chi connectivity index (χ1n) is 4.63. The van der Waals surface area contributed by atoms with E-state index in [4.69, 9.17) is 9.84 Å². The number of nitrogens with zero attached hydrogens (tertiary/aromatic N) is 3. The minimum absolute atomic E-state index is 0.345. The summed E-state index contributed by atoms with van der Waals surface area (Å²) in [6, 6.07) is 0. The van der Waals surface area contributed by atoms with Crippen LogP contribution in [0, 0.1) is 6.92 Å². The predicted molar refractivity (Wildman–Crippen MR) is 47.8 cm³/mol. The molecule has 4 unspecified atom stereocenters. The maximum atomic E-state index is 9.65. The van der Waals surface area contributed by atoms with E-state index in [1.807, 2.05) is 0 Å². The van der Waals surface area contributed by atoms with Crippen molar-refractivity contribution < 1.29 is 20.1 Å². The van der Waals surface area contributed by atoms with Gasteiger partial charge in [-0.15, -0.1) is 0 Å². The molecule has 2 heterocycles. The van der Waals surface area contributed by atoms with Crippen LogP contribution in [0.4, 0.5) is 0 Å². The molecule has 1 aliphatic heterocycles. The number of aliphatic hydroxyl groups excluding tert-OH is 3. The first kappa shape index (κ1) is 10.5. The summed E-state index contributed by atoms with van der Waals surface area (Å²) in [5.74, 6) is 0.549. The van der Waals surface area contributed by atoms with Gasteiger partial charge in [0, 0.05) is 0 Å². The van der Waals surface area contributed by atoms with Gasteiger partial charge in [-0.3, -0.25) is 0 Å². The standard InChI is InChI=1S/C8H13N3O4/c1-4-9-3-11(10-4)8-7(14)6(13)5(2-12)15-8/h3,5-8,12-14H,2H2,1H3. The van der Waals surface area contributed by atoms with Crippen LogP contribution in [0.5, 0.6) is 0 Å². The molecule has 1 aromatic heterocycles. The second kappa shape index (κ2) is 3.86. The molecule has 1 saturated heterocycles. The zero-order valence-electron chi connectivity index (χ0n) is 8.19. The molecule has 1 aromatic rings. The molecule has 0 saturated carbocycles. The number of hydrogen-bond acceptors (Lipinski definition) is 6.